The van der Waals surface area contributed by atoms with Gasteiger partial charge < -0.3 is 25.3 Å². The fraction of sp³-hybridized carbons (Fsp3) is 0.444. The first kappa shape index (κ1) is 45.1. The van der Waals surface area contributed by atoms with Crippen LogP contribution in [0.3, 0.4) is 0 Å². The highest BCUT2D eigenvalue weighted by Gasteiger charge is 2.55. The van der Waals surface area contributed by atoms with Crippen molar-refractivity contribution in [1.29, 1.82) is 0 Å². The first-order chi connectivity index (χ1) is 33.0. The summed E-state index contributed by atoms with van der Waals surface area (Å²) in [5.74, 6) is -2.38. The summed E-state index contributed by atoms with van der Waals surface area (Å²) in [6.07, 6.45) is 6.93. The van der Waals surface area contributed by atoms with Gasteiger partial charge in [0.05, 0.1) is 36.3 Å². The van der Waals surface area contributed by atoms with Crippen molar-refractivity contribution in [2.75, 3.05) is 21.7 Å². The molecule has 68 heavy (non-hydrogen) atoms. The third-order valence-corrected chi connectivity index (χ3v) is 15.6. The first-order valence-electron chi connectivity index (χ1n) is 24.5. The lowest BCUT2D eigenvalue weighted by Gasteiger charge is -2.48. The number of hydrogen-bond donors (Lipinski definition) is 3. The van der Waals surface area contributed by atoms with Gasteiger partial charge in [0, 0.05) is 74.0 Å². The van der Waals surface area contributed by atoms with Crippen LogP contribution in [0.4, 0.5) is 26.7 Å². The Morgan fingerprint density at radius 2 is 1.18 bits per heavy atom. The van der Waals surface area contributed by atoms with Crippen molar-refractivity contribution in [2.45, 2.75) is 132 Å². The van der Waals surface area contributed by atoms with Gasteiger partial charge in [-0.3, -0.25) is 33.9 Å². The highest BCUT2D eigenvalue weighted by Crippen LogP contribution is 2.57. The summed E-state index contributed by atoms with van der Waals surface area (Å²) in [5.41, 5.74) is 6.12. The molecule has 10 rings (SSSR count). The molecule has 4 aliphatic carbocycles. The molecule has 4 fully saturated rings. The number of carboxylic acids is 2. The molecular formula is C54H60N6O8. The summed E-state index contributed by atoms with van der Waals surface area (Å²) in [5, 5.41) is 22.3. The van der Waals surface area contributed by atoms with Crippen molar-refractivity contribution in [2.24, 2.45) is 11.8 Å². The van der Waals surface area contributed by atoms with Gasteiger partial charge >= 0.3 is 24.0 Å². The van der Waals surface area contributed by atoms with Crippen LogP contribution in [0.1, 0.15) is 124 Å². The number of para-hydroxylation sites is 3. The first-order valence-corrected chi connectivity index (χ1v) is 24.5. The minimum Gasteiger partial charge on any atom is -0.481 e. The van der Waals surface area contributed by atoms with Gasteiger partial charge in [-0.05, 0) is 91.5 Å². The average molecular weight is 921 g/mol. The molecule has 14 nitrogen and oxygen atoms in total. The van der Waals surface area contributed by atoms with Gasteiger partial charge in [-0.2, -0.15) is 0 Å². The van der Waals surface area contributed by atoms with E-state index in [0.717, 1.165) is 90.7 Å². The highest BCUT2D eigenvalue weighted by atomic mass is 16.4. The Hall–Kier alpha value is -6.70. The van der Waals surface area contributed by atoms with E-state index in [0.29, 0.717) is 6.42 Å². The number of anilines is 3. The zero-order valence-electron chi connectivity index (χ0n) is 38.5. The Morgan fingerprint density at radius 1 is 0.618 bits per heavy atom. The SMILES string of the molecule is CN(C(=O)N1c2ccccc2C(N(C(=O)CCC(=O)O)C2CC2c2cccc(CNC(=O)N3c4ccccc4C(N(C(=O)CCC(=O)O)C4CC4)C4CCCC43)c2)C2CCCC21)c1ccccc1. The summed E-state index contributed by atoms with van der Waals surface area (Å²) in [6.45, 7) is 0.272. The van der Waals surface area contributed by atoms with Crippen molar-refractivity contribution in [1.82, 2.24) is 15.1 Å². The molecular weight excluding hydrogens is 861 g/mol. The van der Waals surface area contributed by atoms with Crippen molar-refractivity contribution < 1.29 is 39.0 Å². The summed E-state index contributed by atoms with van der Waals surface area (Å²) in [6, 6.07) is 32.2. The lowest BCUT2D eigenvalue weighted by molar-refractivity contribution is -0.142. The van der Waals surface area contributed by atoms with E-state index >= 15 is 0 Å². The molecule has 0 saturated heterocycles. The summed E-state index contributed by atoms with van der Waals surface area (Å²) in [7, 11) is 1.79. The molecule has 0 spiro atoms. The van der Waals surface area contributed by atoms with E-state index in [1.54, 1.807) is 11.9 Å². The molecule has 4 aromatic carbocycles. The molecule has 6 aliphatic rings. The molecule has 2 heterocycles. The van der Waals surface area contributed by atoms with Gasteiger partial charge in [-0.15, -0.1) is 0 Å². The van der Waals surface area contributed by atoms with Gasteiger partial charge in [0.2, 0.25) is 11.8 Å². The second-order valence-corrected chi connectivity index (χ2v) is 19.7. The second kappa shape index (κ2) is 18.8. The molecule has 0 aromatic heterocycles. The van der Waals surface area contributed by atoms with Crippen molar-refractivity contribution in [3.8, 4) is 0 Å². The lowest BCUT2D eigenvalue weighted by atomic mass is 9.81. The average Bonchev–Trinajstić information content (AvgIpc) is 4.25. The van der Waals surface area contributed by atoms with Crippen molar-refractivity contribution in [3.05, 3.63) is 125 Å². The molecule has 14 heteroatoms. The van der Waals surface area contributed by atoms with Crippen LogP contribution >= 0.6 is 0 Å². The van der Waals surface area contributed by atoms with Crippen LogP contribution < -0.4 is 20.0 Å². The topological polar surface area (TPSA) is 171 Å². The van der Waals surface area contributed by atoms with Gasteiger partial charge in [-0.1, -0.05) is 91.7 Å². The molecule has 4 saturated carbocycles. The van der Waals surface area contributed by atoms with Crippen LogP contribution in [0.2, 0.25) is 0 Å². The Bertz CT molecular complexity index is 2600. The Morgan fingerprint density at radius 3 is 1.79 bits per heavy atom. The maximum atomic E-state index is 14.5. The molecule has 6 amide bonds. The monoisotopic (exact) mass is 920 g/mol. The number of carbonyl (C=O) groups excluding carboxylic acids is 4. The Kier molecular flexibility index (Phi) is 12.4. The van der Waals surface area contributed by atoms with E-state index < -0.39 is 11.9 Å². The molecule has 2 aliphatic heterocycles. The number of fused-ring (bicyclic) bond motifs is 4. The number of aliphatic carboxylic acids is 2. The van der Waals surface area contributed by atoms with Gasteiger partial charge in [0.1, 0.15) is 0 Å². The quantitative estimate of drug-likeness (QED) is 0.113. The molecule has 8 unspecified atom stereocenters. The minimum absolute atomic E-state index is 0.00639. The minimum atomic E-state index is -1.02. The number of rotatable bonds is 14. The Balaban J connectivity index is 0.889. The number of carbonyl (C=O) groups is 6. The van der Waals surface area contributed by atoms with E-state index in [-0.39, 0.29) is 110 Å². The van der Waals surface area contributed by atoms with Crippen molar-refractivity contribution >= 4 is 52.9 Å². The zero-order valence-corrected chi connectivity index (χ0v) is 38.5. The van der Waals surface area contributed by atoms with Gasteiger partial charge in [0.15, 0.2) is 0 Å². The molecule has 3 N–H and O–H groups in total. The van der Waals surface area contributed by atoms with E-state index in [1.807, 2.05) is 111 Å². The van der Waals surface area contributed by atoms with E-state index in [1.165, 1.54) is 0 Å². The maximum absolute atomic E-state index is 14.5. The fourth-order valence-electron chi connectivity index (χ4n) is 12.4. The van der Waals surface area contributed by atoms with Gasteiger partial charge in [-0.25, -0.2) is 9.59 Å². The van der Waals surface area contributed by atoms with Crippen molar-refractivity contribution in [3.63, 3.8) is 0 Å². The molecule has 4 aromatic rings. The second-order valence-electron chi connectivity index (χ2n) is 19.7. The van der Waals surface area contributed by atoms with E-state index in [4.69, 9.17) is 0 Å². The van der Waals surface area contributed by atoms with E-state index in [9.17, 15) is 39.0 Å². The van der Waals surface area contributed by atoms with Crippen LogP contribution in [-0.4, -0.2) is 87.0 Å². The number of benzene rings is 4. The number of carboxylic acid groups (broad SMARTS) is 2. The fourth-order valence-corrected chi connectivity index (χ4v) is 12.4. The van der Waals surface area contributed by atoms with Crippen LogP contribution in [0.5, 0.6) is 0 Å². The van der Waals surface area contributed by atoms with Gasteiger partial charge in [0.25, 0.3) is 0 Å². The largest absolute Gasteiger partial charge is 0.481 e. The molecule has 0 bridgehead atoms. The van der Waals surface area contributed by atoms with E-state index in [2.05, 4.69) is 17.4 Å². The highest BCUT2D eigenvalue weighted by molar-refractivity contribution is 6.05. The zero-order chi connectivity index (χ0) is 47.2. The van der Waals surface area contributed by atoms with Crippen LogP contribution in [0, 0.1) is 11.8 Å². The van der Waals surface area contributed by atoms with Crippen LogP contribution in [-0.2, 0) is 25.7 Å². The Labute approximate surface area is 396 Å². The molecule has 0 radical (unpaired) electrons. The predicted molar refractivity (Wildman–Crippen MR) is 256 cm³/mol. The summed E-state index contributed by atoms with van der Waals surface area (Å²) in [4.78, 5) is 89.9. The van der Waals surface area contributed by atoms with Crippen LogP contribution in [0.25, 0.3) is 0 Å². The summed E-state index contributed by atoms with van der Waals surface area (Å²) >= 11 is 0. The molecule has 354 valence electrons. The normalized spacial score (nSPS) is 25.2. The number of hydrogen-bond acceptors (Lipinski definition) is 6. The number of nitrogens with zero attached hydrogens (tertiary/aromatic N) is 5. The third-order valence-electron chi connectivity index (χ3n) is 15.6. The number of nitrogens with one attached hydrogen (secondary N) is 1. The lowest BCUT2D eigenvalue weighted by Crippen LogP contribution is -2.55. The standard InChI is InChI=1S/C54H60N6O8/c1-56(35-14-3-2-4-15-35)54(68)59-44-21-8-6-17-38(44)52(40-19-11-23-45(40)59)60(48(62)27-29-50(65)66)46-31-41(46)34-13-9-12-33(30-34)32-55-53(67)58-42-20-7-5-16-37(42)51(39-18-10-22-43(39)58)57(36-24-25-36)47(61)26-28-49(63)64/h2-9,12-17,20-21,30,36,39-41,43,45-46,51-52H,10-11,18-19,22-29,31-32H2,1H3,(H,55,67)(H,63,64)(H,65,66). The number of amides is 6. The third kappa shape index (κ3) is 8.58. The maximum Gasteiger partial charge on any atom is 0.328 e. The smallest absolute Gasteiger partial charge is 0.328 e. The summed E-state index contributed by atoms with van der Waals surface area (Å²) < 4.78 is 0. The van der Waals surface area contributed by atoms with Crippen LogP contribution in [0.15, 0.2) is 103 Å². The molecule has 8 atom stereocenters. The number of urea groups is 2. The predicted octanol–water partition coefficient (Wildman–Crippen LogP) is 9.02.